The number of carbonyl (C=O) groups is 2. The van der Waals surface area contributed by atoms with Gasteiger partial charge in [0.05, 0.1) is 5.69 Å². The van der Waals surface area contributed by atoms with E-state index in [1.807, 2.05) is 0 Å². The maximum atomic E-state index is 13.0. The van der Waals surface area contributed by atoms with Crippen LogP contribution in [0.1, 0.15) is 44.7 Å². The summed E-state index contributed by atoms with van der Waals surface area (Å²) in [6.45, 7) is 4.94. The Morgan fingerprint density at radius 2 is 1.92 bits per heavy atom. The lowest BCUT2D eigenvalue weighted by Gasteiger charge is -2.02. The SMILES string of the molecule is CC(=O)c1c(C)[nH]c(C(=O)OCc2csc(-c3ccc(F)cc3)n2)c1C. The number of aromatic amines is 1. The number of nitrogens with zero attached hydrogens (tertiary/aromatic N) is 1. The summed E-state index contributed by atoms with van der Waals surface area (Å²) in [6.07, 6.45) is 0. The van der Waals surface area contributed by atoms with E-state index in [9.17, 15) is 14.0 Å². The number of H-pyrrole nitrogens is 1. The number of nitrogens with one attached hydrogen (secondary N) is 1. The highest BCUT2D eigenvalue weighted by atomic mass is 32.1. The van der Waals surface area contributed by atoms with Crippen LogP contribution in [0.25, 0.3) is 10.6 Å². The number of hydrogen-bond acceptors (Lipinski definition) is 5. The van der Waals surface area contributed by atoms with Gasteiger partial charge in [-0.05, 0) is 50.6 Å². The van der Waals surface area contributed by atoms with Crippen LogP contribution >= 0.6 is 11.3 Å². The Balaban J connectivity index is 1.70. The van der Waals surface area contributed by atoms with Crippen LogP contribution in [0.2, 0.25) is 0 Å². The summed E-state index contributed by atoms with van der Waals surface area (Å²) < 4.78 is 18.3. The van der Waals surface area contributed by atoms with Gasteiger partial charge in [0.25, 0.3) is 0 Å². The van der Waals surface area contributed by atoms with Crippen LogP contribution in [-0.2, 0) is 11.3 Å². The number of aromatic nitrogens is 2. The third-order valence-corrected chi connectivity index (χ3v) is 4.93. The first-order chi connectivity index (χ1) is 12.4. The Kier molecular flexibility index (Phi) is 4.99. The molecule has 0 saturated heterocycles. The fourth-order valence-corrected chi connectivity index (χ4v) is 3.60. The van der Waals surface area contributed by atoms with Crippen LogP contribution in [0.15, 0.2) is 29.6 Å². The molecule has 0 saturated carbocycles. The van der Waals surface area contributed by atoms with Gasteiger partial charge in [-0.3, -0.25) is 4.79 Å². The zero-order chi connectivity index (χ0) is 18.8. The zero-order valence-corrected chi connectivity index (χ0v) is 15.4. The third-order valence-electron chi connectivity index (χ3n) is 3.99. The van der Waals surface area contributed by atoms with Crippen molar-refractivity contribution in [3.05, 3.63) is 63.7 Å². The van der Waals surface area contributed by atoms with E-state index in [1.54, 1.807) is 31.4 Å². The number of esters is 1. The first kappa shape index (κ1) is 18.0. The molecule has 0 aliphatic heterocycles. The van der Waals surface area contributed by atoms with Gasteiger partial charge in [0.15, 0.2) is 5.78 Å². The molecule has 1 N–H and O–H groups in total. The number of rotatable bonds is 5. The fraction of sp³-hybridized carbons (Fsp3) is 0.211. The van der Waals surface area contributed by atoms with E-state index in [-0.39, 0.29) is 23.9 Å². The summed E-state index contributed by atoms with van der Waals surface area (Å²) in [7, 11) is 0. The molecule has 3 aromatic rings. The molecule has 0 unspecified atom stereocenters. The summed E-state index contributed by atoms with van der Waals surface area (Å²) in [5.41, 5.74) is 3.44. The van der Waals surface area contributed by atoms with Crippen LogP contribution in [0, 0.1) is 19.7 Å². The smallest absolute Gasteiger partial charge is 0.355 e. The van der Waals surface area contributed by atoms with Crippen LogP contribution in [-0.4, -0.2) is 21.7 Å². The Morgan fingerprint density at radius 1 is 1.23 bits per heavy atom. The molecule has 134 valence electrons. The van der Waals surface area contributed by atoms with Gasteiger partial charge in [0.1, 0.15) is 23.1 Å². The lowest BCUT2D eigenvalue weighted by Crippen LogP contribution is -2.08. The molecule has 0 fully saturated rings. The third kappa shape index (κ3) is 3.57. The molecule has 2 aromatic heterocycles. The molecule has 0 bridgehead atoms. The highest BCUT2D eigenvalue weighted by Gasteiger charge is 2.21. The summed E-state index contributed by atoms with van der Waals surface area (Å²) in [6, 6.07) is 6.05. The van der Waals surface area contributed by atoms with Crippen molar-refractivity contribution >= 4 is 23.1 Å². The number of benzene rings is 1. The number of carbonyl (C=O) groups excluding carboxylic acids is 2. The fourth-order valence-electron chi connectivity index (χ4n) is 2.79. The van der Waals surface area contributed by atoms with E-state index in [2.05, 4.69) is 9.97 Å². The summed E-state index contributed by atoms with van der Waals surface area (Å²) in [5, 5.41) is 2.52. The minimum Gasteiger partial charge on any atom is -0.454 e. The number of halogens is 1. The molecule has 0 spiro atoms. The maximum Gasteiger partial charge on any atom is 0.355 e. The van der Waals surface area contributed by atoms with Crippen molar-refractivity contribution in [1.82, 2.24) is 9.97 Å². The van der Waals surface area contributed by atoms with E-state index >= 15 is 0 Å². The monoisotopic (exact) mass is 372 g/mol. The standard InChI is InChI=1S/C19H17FN2O3S/c1-10-16(12(3)23)11(2)21-17(10)19(24)25-8-15-9-26-18(22-15)13-4-6-14(20)7-5-13/h4-7,9,21H,8H2,1-3H3. The first-order valence-corrected chi connectivity index (χ1v) is 8.82. The zero-order valence-electron chi connectivity index (χ0n) is 14.6. The number of ether oxygens (including phenoxy) is 1. The molecule has 0 atom stereocenters. The van der Waals surface area contributed by atoms with Crippen LogP contribution in [0.5, 0.6) is 0 Å². The molecule has 0 aliphatic carbocycles. The second kappa shape index (κ2) is 7.21. The van der Waals surface area contributed by atoms with Gasteiger partial charge in [0.2, 0.25) is 0 Å². The average Bonchev–Trinajstić information content (AvgIpc) is 3.18. The second-order valence-electron chi connectivity index (χ2n) is 5.91. The quantitative estimate of drug-likeness (QED) is 0.530. The van der Waals surface area contributed by atoms with E-state index < -0.39 is 5.97 Å². The van der Waals surface area contributed by atoms with E-state index in [1.165, 1.54) is 30.4 Å². The van der Waals surface area contributed by atoms with Crippen molar-refractivity contribution < 1.29 is 18.7 Å². The minimum atomic E-state index is -0.533. The lowest BCUT2D eigenvalue weighted by molar-refractivity contribution is 0.0461. The van der Waals surface area contributed by atoms with Crippen molar-refractivity contribution in [3.8, 4) is 10.6 Å². The number of thiazole rings is 1. The van der Waals surface area contributed by atoms with Crippen LogP contribution in [0.4, 0.5) is 4.39 Å². The number of hydrogen-bond donors (Lipinski definition) is 1. The van der Waals surface area contributed by atoms with Gasteiger partial charge in [-0.25, -0.2) is 14.2 Å². The predicted octanol–water partition coefficient (Wildman–Crippen LogP) is 4.45. The van der Waals surface area contributed by atoms with Crippen molar-refractivity contribution in [2.45, 2.75) is 27.4 Å². The summed E-state index contributed by atoms with van der Waals surface area (Å²) in [5.74, 6) is -0.936. The molecular formula is C19H17FN2O3S. The molecule has 0 amide bonds. The van der Waals surface area contributed by atoms with Gasteiger partial charge in [-0.1, -0.05) is 0 Å². The lowest BCUT2D eigenvalue weighted by atomic mass is 10.1. The molecule has 0 aliphatic rings. The normalized spacial score (nSPS) is 10.8. The Bertz CT molecular complexity index is 973. The molecule has 5 nitrogen and oxygen atoms in total. The van der Waals surface area contributed by atoms with Crippen LogP contribution < -0.4 is 0 Å². The molecule has 7 heteroatoms. The maximum absolute atomic E-state index is 13.0. The Hall–Kier alpha value is -2.80. The van der Waals surface area contributed by atoms with E-state index in [0.29, 0.717) is 22.5 Å². The molecule has 2 heterocycles. The van der Waals surface area contributed by atoms with Gasteiger partial charge in [-0.2, -0.15) is 0 Å². The molecule has 3 rings (SSSR count). The minimum absolute atomic E-state index is 0.0173. The summed E-state index contributed by atoms with van der Waals surface area (Å²) in [4.78, 5) is 31.3. The largest absolute Gasteiger partial charge is 0.454 e. The van der Waals surface area contributed by atoms with Crippen molar-refractivity contribution in [2.75, 3.05) is 0 Å². The highest BCUT2D eigenvalue weighted by molar-refractivity contribution is 7.13. The summed E-state index contributed by atoms with van der Waals surface area (Å²) >= 11 is 1.39. The topological polar surface area (TPSA) is 72.0 Å². The van der Waals surface area contributed by atoms with Gasteiger partial charge >= 0.3 is 5.97 Å². The number of aryl methyl sites for hydroxylation is 1. The average molecular weight is 372 g/mol. The molecule has 0 radical (unpaired) electrons. The Morgan fingerprint density at radius 3 is 2.54 bits per heavy atom. The predicted molar refractivity (Wildman–Crippen MR) is 96.9 cm³/mol. The highest BCUT2D eigenvalue weighted by Crippen LogP contribution is 2.25. The van der Waals surface area contributed by atoms with Gasteiger partial charge < -0.3 is 9.72 Å². The first-order valence-electron chi connectivity index (χ1n) is 7.94. The Labute approximate surface area is 153 Å². The number of Topliss-reactive ketones (excluding diaryl/α,β-unsaturated/α-hetero) is 1. The van der Waals surface area contributed by atoms with Crippen molar-refractivity contribution in [3.63, 3.8) is 0 Å². The second-order valence-corrected chi connectivity index (χ2v) is 6.77. The van der Waals surface area contributed by atoms with Gasteiger partial charge in [0, 0.05) is 22.2 Å². The van der Waals surface area contributed by atoms with E-state index in [0.717, 1.165) is 10.6 Å². The van der Waals surface area contributed by atoms with Crippen LogP contribution in [0.3, 0.4) is 0 Å². The van der Waals surface area contributed by atoms with E-state index in [4.69, 9.17) is 4.74 Å². The molecule has 1 aromatic carbocycles. The van der Waals surface area contributed by atoms with Gasteiger partial charge in [-0.15, -0.1) is 11.3 Å². The molecular weight excluding hydrogens is 355 g/mol. The van der Waals surface area contributed by atoms with Crippen molar-refractivity contribution in [1.29, 1.82) is 0 Å². The van der Waals surface area contributed by atoms with Crippen molar-refractivity contribution in [2.24, 2.45) is 0 Å². The molecule has 26 heavy (non-hydrogen) atoms. The number of ketones is 1.